The number of likely N-dealkylation sites (N-methyl/N-ethyl adjacent to an activating group) is 1. The Bertz CT molecular complexity index is 1130. The summed E-state index contributed by atoms with van der Waals surface area (Å²) in [5.41, 5.74) is 2.09. The molecule has 176 valence electrons. The second-order valence-electron chi connectivity index (χ2n) is 9.00. The van der Waals surface area contributed by atoms with Crippen LogP contribution in [0.1, 0.15) is 28.0 Å². The predicted molar refractivity (Wildman–Crippen MR) is 110 cm³/mol. The number of Topliss-reactive ketones (excluding diaryl/α,β-unsaturated/α-hetero) is 4. The first-order chi connectivity index (χ1) is 15.4. The highest BCUT2D eigenvalue weighted by Gasteiger charge is 2.69. The van der Waals surface area contributed by atoms with Crippen molar-refractivity contribution in [1.82, 2.24) is 9.88 Å². The number of nitrogens with two attached hydrogens (primary N) is 1. The first-order valence-electron chi connectivity index (χ1n) is 10.2. The lowest BCUT2D eigenvalue weighted by Crippen LogP contribution is -2.74. The molecule has 0 radical (unpaired) electrons. The summed E-state index contributed by atoms with van der Waals surface area (Å²) in [6.45, 7) is -0.717. The molecule has 2 unspecified atom stereocenters. The Labute approximate surface area is 192 Å². The number of hydrogen-bond donors (Lipinski definition) is 4. The third-order valence-electron chi connectivity index (χ3n) is 7.10. The third kappa shape index (κ3) is 2.99. The van der Waals surface area contributed by atoms with Gasteiger partial charge in [0.15, 0.2) is 40.4 Å². The topological polar surface area (TPSA) is 188 Å². The van der Waals surface area contributed by atoms with Gasteiger partial charge in [-0.1, -0.05) is 11.6 Å². The van der Waals surface area contributed by atoms with Crippen LogP contribution in [0.25, 0.3) is 0 Å². The predicted octanol–water partition coefficient (Wildman–Crippen LogP) is -1.59. The number of rotatable bonds is 3. The normalized spacial score (nSPS) is 33.6. The van der Waals surface area contributed by atoms with E-state index in [4.69, 9.17) is 17.3 Å². The number of carbonyl (C=O) groups excluding carboxylic acids is 5. The summed E-state index contributed by atoms with van der Waals surface area (Å²) in [5.74, 6) is -11.6. The second kappa shape index (κ2) is 7.66. The number of nitrogens with zero attached hydrogens (tertiary/aromatic N) is 2. The summed E-state index contributed by atoms with van der Waals surface area (Å²) in [6.07, 6.45) is -0.0698. The summed E-state index contributed by atoms with van der Waals surface area (Å²) in [5, 5.41) is 31.2. The van der Waals surface area contributed by atoms with Crippen LogP contribution in [0.3, 0.4) is 0 Å². The van der Waals surface area contributed by atoms with E-state index in [0.29, 0.717) is 0 Å². The van der Waals surface area contributed by atoms with Gasteiger partial charge in [0.2, 0.25) is 5.91 Å². The summed E-state index contributed by atoms with van der Waals surface area (Å²) < 4.78 is 0. The van der Waals surface area contributed by atoms with E-state index in [1.54, 1.807) is 0 Å². The van der Waals surface area contributed by atoms with Gasteiger partial charge < -0.3 is 21.1 Å². The largest absolute Gasteiger partial charge is 0.505 e. The molecule has 0 aromatic carbocycles. The Morgan fingerprint density at radius 1 is 1.24 bits per heavy atom. The van der Waals surface area contributed by atoms with E-state index in [-0.39, 0.29) is 34.8 Å². The van der Waals surface area contributed by atoms with Gasteiger partial charge in [0.05, 0.1) is 24.1 Å². The van der Waals surface area contributed by atoms with Gasteiger partial charge in [-0.05, 0) is 32.9 Å². The number of aliphatic hydroxyl groups is 2. The molecule has 0 spiro atoms. The van der Waals surface area contributed by atoms with Crippen molar-refractivity contribution in [3.8, 4) is 5.75 Å². The number of fused-ring (bicyclic) bond motifs is 3. The quantitative estimate of drug-likeness (QED) is 0.290. The van der Waals surface area contributed by atoms with Crippen molar-refractivity contribution in [2.24, 2.45) is 29.4 Å². The summed E-state index contributed by atoms with van der Waals surface area (Å²) in [7, 11) is 3.01. The standard InChI is InChI=1S/C21H22ClN3O8/c1-25(2)13-8-4-6-3-7-11(14(27)9(5-26)24-19(7)22)15(28)10(6)17(30)21(8,33)18(31)12(16(13)29)20(23)32/h6,8,10,12-13,26-27,33H,3-5H2,1-2H3,(H2,23,32)/t6-,8-,10?,12?,13-,21-/m0/s1. The van der Waals surface area contributed by atoms with Crippen LogP contribution in [0.4, 0.5) is 0 Å². The molecule has 12 heteroatoms. The fourth-order valence-electron chi connectivity index (χ4n) is 5.67. The number of ketones is 4. The SMILES string of the molecule is CN(C)[C@@H]1C(=O)C(C(N)=O)C(=O)[C@@]2(O)C(=O)C3C(=O)c4c(O)c(CO)nc(Cl)c4C[C@H]3C[C@@H]12. The molecule has 4 rings (SSSR count). The van der Waals surface area contributed by atoms with Crippen molar-refractivity contribution < 1.29 is 39.3 Å². The monoisotopic (exact) mass is 479 g/mol. The first kappa shape index (κ1) is 23.4. The van der Waals surface area contributed by atoms with Crippen LogP contribution < -0.4 is 5.73 Å². The van der Waals surface area contributed by atoms with Gasteiger partial charge in [-0.3, -0.25) is 28.9 Å². The average molecular weight is 480 g/mol. The minimum Gasteiger partial charge on any atom is -0.505 e. The molecule has 1 amide bonds. The Hall–Kier alpha value is -2.73. The summed E-state index contributed by atoms with van der Waals surface area (Å²) >= 11 is 6.19. The van der Waals surface area contributed by atoms with Crippen molar-refractivity contribution in [3.63, 3.8) is 0 Å². The van der Waals surface area contributed by atoms with Crippen molar-refractivity contribution in [2.75, 3.05) is 14.1 Å². The van der Waals surface area contributed by atoms with Crippen LogP contribution in [-0.2, 0) is 32.2 Å². The zero-order valence-corrected chi connectivity index (χ0v) is 18.5. The molecule has 3 aliphatic carbocycles. The van der Waals surface area contributed by atoms with Crippen LogP contribution in [0, 0.1) is 23.7 Å². The summed E-state index contributed by atoms with van der Waals surface area (Å²) in [6, 6.07) is -1.18. The molecule has 11 nitrogen and oxygen atoms in total. The molecular weight excluding hydrogens is 458 g/mol. The number of amides is 1. The van der Waals surface area contributed by atoms with Gasteiger partial charge in [-0.2, -0.15) is 0 Å². The molecule has 33 heavy (non-hydrogen) atoms. The van der Waals surface area contributed by atoms with E-state index >= 15 is 0 Å². The fourth-order valence-corrected chi connectivity index (χ4v) is 5.95. The highest BCUT2D eigenvalue weighted by atomic mass is 35.5. The molecule has 1 aromatic heterocycles. The van der Waals surface area contributed by atoms with Crippen molar-refractivity contribution in [1.29, 1.82) is 0 Å². The molecule has 0 aliphatic heterocycles. The van der Waals surface area contributed by atoms with Crippen LogP contribution in [-0.4, -0.2) is 80.0 Å². The first-order valence-corrected chi connectivity index (χ1v) is 10.6. The number of aliphatic hydroxyl groups excluding tert-OH is 1. The van der Waals surface area contributed by atoms with Gasteiger partial charge in [0.25, 0.3) is 0 Å². The van der Waals surface area contributed by atoms with Crippen molar-refractivity contribution in [3.05, 3.63) is 22.0 Å². The number of carbonyl (C=O) groups is 5. The van der Waals surface area contributed by atoms with Crippen LogP contribution in [0.5, 0.6) is 5.75 Å². The van der Waals surface area contributed by atoms with Gasteiger partial charge >= 0.3 is 0 Å². The Morgan fingerprint density at radius 2 is 1.88 bits per heavy atom. The van der Waals surface area contributed by atoms with E-state index in [0.717, 1.165) is 0 Å². The second-order valence-corrected chi connectivity index (χ2v) is 9.36. The lowest BCUT2D eigenvalue weighted by atomic mass is 9.52. The number of aromatic hydroxyl groups is 1. The Balaban J connectivity index is 1.89. The number of primary amides is 1. The zero-order valence-electron chi connectivity index (χ0n) is 17.7. The van der Waals surface area contributed by atoms with E-state index in [9.17, 15) is 39.3 Å². The smallest absolute Gasteiger partial charge is 0.235 e. The molecule has 5 N–H and O–H groups in total. The fraction of sp³-hybridized carbons (Fsp3) is 0.524. The van der Waals surface area contributed by atoms with E-state index in [2.05, 4.69) is 4.98 Å². The molecule has 2 saturated carbocycles. The maximum Gasteiger partial charge on any atom is 0.235 e. The Morgan fingerprint density at radius 3 is 2.42 bits per heavy atom. The number of pyridine rings is 1. The number of aromatic nitrogens is 1. The zero-order chi connectivity index (χ0) is 24.6. The molecule has 0 bridgehead atoms. The van der Waals surface area contributed by atoms with E-state index in [1.165, 1.54) is 19.0 Å². The summed E-state index contributed by atoms with van der Waals surface area (Å²) in [4.78, 5) is 70.3. The number of halogens is 1. The molecule has 0 saturated heterocycles. The van der Waals surface area contributed by atoms with Gasteiger partial charge in [0.1, 0.15) is 10.8 Å². The van der Waals surface area contributed by atoms with E-state index < -0.39 is 76.7 Å². The van der Waals surface area contributed by atoms with Crippen LogP contribution in [0.2, 0.25) is 5.15 Å². The highest BCUT2D eigenvalue weighted by molar-refractivity contribution is 6.33. The lowest BCUT2D eigenvalue weighted by molar-refractivity contribution is -0.181. The molecule has 2 fully saturated rings. The van der Waals surface area contributed by atoms with Crippen LogP contribution >= 0.6 is 11.6 Å². The maximum absolute atomic E-state index is 13.6. The van der Waals surface area contributed by atoms with Crippen LogP contribution in [0.15, 0.2) is 0 Å². The number of hydrogen-bond acceptors (Lipinski definition) is 10. The third-order valence-corrected chi connectivity index (χ3v) is 7.41. The molecular formula is C21H22ClN3O8. The minimum absolute atomic E-state index is 0.0109. The molecule has 6 atom stereocenters. The lowest BCUT2D eigenvalue weighted by Gasteiger charge is -2.52. The minimum atomic E-state index is -2.79. The highest BCUT2D eigenvalue weighted by Crippen LogP contribution is 2.51. The molecule has 3 aliphatic rings. The van der Waals surface area contributed by atoms with Gasteiger partial charge in [-0.15, -0.1) is 0 Å². The maximum atomic E-state index is 13.6. The molecule has 1 heterocycles. The molecule has 1 aromatic rings. The van der Waals surface area contributed by atoms with Crippen molar-refractivity contribution in [2.45, 2.75) is 31.1 Å². The Kier molecular flexibility index (Phi) is 5.44. The average Bonchev–Trinajstić information content (AvgIpc) is 2.72. The van der Waals surface area contributed by atoms with E-state index in [1.807, 2.05) is 0 Å². The van der Waals surface area contributed by atoms with Crippen molar-refractivity contribution >= 4 is 40.6 Å². The van der Waals surface area contributed by atoms with Gasteiger partial charge in [-0.25, -0.2) is 4.98 Å². The van der Waals surface area contributed by atoms with Gasteiger partial charge in [0, 0.05) is 11.5 Å².